The maximum absolute atomic E-state index is 14.4. The fourth-order valence-corrected chi connectivity index (χ4v) is 6.75. The Hall–Kier alpha value is -5.96. The van der Waals surface area contributed by atoms with Crippen LogP contribution in [-0.2, 0) is 27.5 Å². The molecule has 13 nitrogen and oxygen atoms in total. The number of phenolic OH excluding ortho intramolecular Hbond substituents is 1. The van der Waals surface area contributed by atoms with Crippen LogP contribution in [-0.4, -0.2) is 61.4 Å². The Bertz CT molecular complexity index is 2050. The Labute approximate surface area is 275 Å². The molecule has 6 amide bonds. The first-order chi connectivity index (χ1) is 23.1. The van der Waals surface area contributed by atoms with Gasteiger partial charge in [0, 0.05) is 42.3 Å². The molecule has 0 radical (unpaired) electrons. The number of aromatic hydroxyl groups is 1. The first kappa shape index (κ1) is 30.7. The van der Waals surface area contributed by atoms with Crippen LogP contribution in [0.2, 0.25) is 0 Å². The minimum atomic E-state index is -1.40. The third-order valence-corrected chi connectivity index (χ3v) is 9.15. The molecule has 0 bridgehead atoms. The quantitative estimate of drug-likeness (QED) is 0.205. The van der Waals surface area contributed by atoms with Gasteiger partial charge in [-0.15, -0.1) is 11.3 Å². The number of nitrogens with zero attached hydrogens (tertiary/aromatic N) is 3. The molecule has 3 aromatic carbocycles. The largest absolute Gasteiger partial charge is 0.508 e. The van der Waals surface area contributed by atoms with Crippen molar-refractivity contribution in [1.82, 2.24) is 20.1 Å². The normalized spacial score (nSPS) is 17.7. The number of halogens is 1. The van der Waals surface area contributed by atoms with Crippen LogP contribution in [0.1, 0.15) is 66.6 Å². The maximum Gasteiger partial charge on any atom is 0.262 e. The van der Waals surface area contributed by atoms with Gasteiger partial charge in [-0.3, -0.25) is 44.3 Å². The van der Waals surface area contributed by atoms with Crippen molar-refractivity contribution >= 4 is 57.6 Å². The summed E-state index contributed by atoms with van der Waals surface area (Å²) < 4.78 is 14.4. The van der Waals surface area contributed by atoms with Gasteiger partial charge in [0.2, 0.25) is 11.8 Å². The van der Waals surface area contributed by atoms with E-state index in [1.165, 1.54) is 23.2 Å². The molecular weight excluding hydrogens is 643 g/mol. The van der Waals surface area contributed by atoms with Crippen molar-refractivity contribution < 1.29 is 38.3 Å². The van der Waals surface area contributed by atoms with Crippen molar-refractivity contribution in [1.29, 1.82) is 0 Å². The lowest BCUT2D eigenvalue weighted by Crippen LogP contribution is -2.54. The van der Waals surface area contributed by atoms with Crippen LogP contribution in [0.15, 0.2) is 66.2 Å². The molecule has 4 aromatic rings. The molecule has 1 aromatic heterocycles. The van der Waals surface area contributed by atoms with Crippen molar-refractivity contribution in [3.05, 3.63) is 105 Å². The van der Waals surface area contributed by atoms with Crippen LogP contribution < -0.4 is 16.0 Å². The van der Waals surface area contributed by atoms with Gasteiger partial charge in [-0.05, 0) is 53.9 Å². The molecule has 2 unspecified atom stereocenters. The molecule has 15 heteroatoms. The van der Waals surface area contributed by atoms with Crippen molar-refractivity contribution in [3.63, 3.8) is 0 Å². The predicted octanol–water partition coefficient (Wildman–Crippen LogP) is 3.34. The molecule has 242 valence electrons. The molecule has 3 aliphatic rings. The number of hydrogen-bond donors (Lipinski definition) is 4. The standard InChI is InChI=1S/C33H25FN6O7S/c34-18-5-8-24(41)21(13-18)27(29(44)38-33-35-10-11-48-33)39-15-17-2-1-3-22(26(17)32(39)47)36-14-16-4-6-19-20(12-16)31(46)40(30(19)45)23-7-9-25(42)37-28(23)43/h1-6,8,10-13,23,27,36,41H,7,9,14-15H2,(H,35,38,44)(H,37,42,43). The zero-order chi connectivity index (χ0) is 33.7. The Morgan fingerprint density at radius 3 is 2.62 bits per heavy atom. The molecule has 0 aliphatic carbocycles. The van der Waals surface area contributed by atoms with E-state index >= 15 is 0 Å². The van der Waals surface area contributed by atoms with E-state index in [1.54, 1.807) is 29.6 Å². The van der Waals surface area contributed by atoms with Gasteiger partial charge < -0.3 is 15.3 Å². The van der Waals surface area contributed by atoms with Gasteiger partial charge in [0.25, 0.3) is 23.6 Å². The van der Waals surface area contributed by atoms with Crippen LogP contribution in [0.25, 0.3) is 0 Å². The van der Waals surface area contributed by atoms with Gasteiger partial charge in [0.1, 0.15) is 23.7 Å². The lowest BCUT2D eigenvalue weighted by molar-refractivity contribution is -0.136. The third-order valence-electron chi connectivity index (χ3n) is 8.46. The molecule has 7 rings (SSSR count). The molecule has 1 fully saturated rings. The van der Waals surface area contributed by atoms with Gasteiger partial charge in [0.15, 0.2) is 5.13 Å². The predicted molar refractivity (Wildman–Crippen MR) is 168 cm³/mol. The Morgan fingerprint density at radius 2 is 1.85 bits per heavy atom. The summed E-state index contributed by atoms with van der Waals surface area (Å²) in [5.41, 5.74) is 2.06. The van der Waals surface area contributed by atoms with E-state index in [9.17, 15) is 38.3 Å². The van der Waals surface area contributed by atoms with E-state index in [0.29, 0.717) is 16.8 Å². The molecule has 2 atom stereocenters. The highest BCUT2D eigenvalue weighted by molar-refractivity contribution is 7.13. The summed E-state index contributed by atoms with van der Waals surface area (Å²) in [5, 5.41) is 20.6. The first-order valence-electron chi connectivity index (χ1n) is 14.8. The van der Waals surface area contributed by atoms with Crippen molar-refractivity contribution in [2.24, 2.45) is 0 Å². The summed E-state index contributed by atoms with van der Waals surface area (Å²) >= 11 is 1.16. The topological polar surface area (TPSA) is 178 Å². The second kappa shape index (κ2) is 12.0. The molecule has 3 aliphatic heterocycles. The number of rotatable bonds is 8. The smallest absolute Gasteiger partial charge is 0.262 e. The van der Waals surface area contributed by atoms with Crippen molar-refractivity contribution in [2.45, 2.75) is 38.0 Å². The Balaban J connectivity index is 1.13. The number of imide groups is 2. The maximum atomic E-state index is 14.4. The van der Waals surface area contributed by atoms with E-state index < -0.39 is 53.3 Å². The van der Waals surface area contributed by atoms with E-state index in [0.717, 1.165) is 34.4 Å². The number of nitrogens with one attached hydrogen (secondary N) is 3. The molecular formula is C33H25FN6O7S. The van der Waals surface area contributed by atoms with Crippen molar-refractivity contribution in [2.75, 3.05) is 10.6 Å². The minimum Gasteiger partial charge on any atom is -0.508 e. The highest BCUT2D eigenvalue weighted by atomic mass is 32.1. The zero-order valence-electron chi connectivity index (χ0n) is 24.9. The second-order valence-electron chi connectivity index (χ2n) is 11.4. The molecule has 0 saturated carbocycles. The number of amides is 6. The van der Waals surface area contributed by atoms with Crippen LogP contribution in [0.4, 0.5) is 15.2 Å². The zero-order valence-corrected chi connectivity index (χ0v) is 25.7. The van der Waals surface area contributed by atoms with Crippen LogP contribution >= 0.6 is 11.3 Å². The Morgan fingerprint density at radius 1 is 1.04 bits per heavy atom. The van der Waals surface area contributed by atoms with E-state index in [-0.39, 0.29) is 59.1 Å². The number of hydrogen-bond acceptors (Lipinski definition) is 10. The lowest BCUT2D eigenvalue weighted by Gasteiger charge is -2.27. The number of aromatic nitrogens is 1. The van der Waals surface area contributed by atoms with E-state index in [2.05, 4.69) is 20.9 Å². The van der Waals surface area contributed by atoms with E-state index in [1.807, 2.05) is 0 Å². The summed E-state index contributed by atoms with van der Waals surface area (Å²) in [7, 11) is 0. The molecule has 4 N–H and O–H groups in total. The number of fused-ring (bicyclic) bond motifs is 2. The number of piperidine rings is 1. The summed E-state index contributed by atoms with van der Waals surface area (Å²) in [6, 6.07) is 10.5. The van der Waals surface area contributed by atoms with Crippen LogP contribution in [0, 0.1) is 5.82 Å². The Kier molecular flexibility index (Phi) is 7.67. The number of anilines is 2. The molecule has 0 spiro atoms. The minimum absolute atomic E-state index is 0.0111. The van der Waals surface area contributed by atoms with Crippen LogP contribution in [0.3, 0.4) is 0 Å². The van der Waals surface area contributed by atoms with Gasteiger partial charge in [-0.1, -0.05) is 18.2 Å². The third kappa shape index (κ3) is 5.33. The average molecular weight is 669 g/mol. The lowest BCUT2D eigenvalue weighted by atomic mass is 10.0. The fraction of sp³-hybridized carbons (Fsp3) is 0.182. The van der Waals surface area contributed by atoms with E-state index in [4.69, 9.17) is 0 Å². The van der Waals surface area contributed by atoms with Gasteiger partial charge in [-0.25, -0.2) is 9.37 Å². The SMILES string of the molecule is O=C1CCC(N2C(=O)c3ccc(CNc4cccc5c4C(=O)N(C(C(=O)Nc4nccs4)c4cc(F)ccc4O)C5)cc3C2=O)C(=O)N1. The van der Waals surface area contributed by atoms with Gasteiger partial charge in [-0.2, -0.15) is 0 Å². The average Bonchev–Trinajstić information content (AvgIpc) is 3.76. The molecule has 4 heterocycles. The summed E-state index contributed by atoms with van der Waals surface area (Å²) in [6.45, 7) is 0.122. The number of thiazole rings is 1. The molecule has 48 heavy (non-hydrogen) atoms. The fourth-order valence-electron chi connectivity index (χ4n) is 6.22. The first-order valence-corrected chi connectivity index (χ1v) is 15.7. The summed E-state index contributed by atoms with van der Waals surface area (Å²) in [4.78, 5) is 84.0. The number of benzene rings is 3. The second-order valence-corrected chi connectivity index (χ2v) is 12.3. The number of phenols is 1. The monoisotopic (exact) mass is 668 g/mol. The molecule has 1 saturated heterocycles. The highest BCUT2D eigenvalue weighted by Gasteiger charge is 2.45. The number of carbonyl (C=O) groups is 6. The highest BCUT2D eigenvalue weighted by Crippen LogP contribution is 2.39. The number of carbonyl (C=O) groups excluding carboxylic acids is 6. The van der Waals surface area contributed by atoms with Crippen LogP contribution in [0.5, 0.6) is 5.75 Å². The summed E-state index contributed by atoms with van der Waals surface area (Å²) in [5.74, 6) is -4.70. The van der Waals surface area contributed by atoms with Crippen molar-refractivity contribution in [3.8, 4) is 5.75 Å². The van der Waals surface area contributed by atoms with Gasteiger partial charge in [0.05, 0.1) is 16.7 Å². The van der Waals surface area contributed by atoms with Gasteiger partial charge >= 0.3 is 0 Å². The summed E-state index contributed by atoms with van der Waals surface area (Å²) in [6.07, 6.45) is 1.55.